The molecule has 1 fully saturated rings. The molecule has 1 aliphatic carbocycles. The number of ether oxygens (including phenoxy) is 1. The minimum atomic E-state index is -1.09. The van der Waals surface area contributed by atoms with Crippen molar-refractivity contribution in [2.24, 2.45) is 23.5 Å². The van der Waals surface area contributed by atoms with Crippen molar-refractivity contribution in [3.05, 3.63) is 12.2 Å². The van der Waals surface area contributed by atoms with Crippen LogP contribution in [-0.2, 0) is 14.3 Å². The van der Waals surface area contributed by atoms with Crippen LogP contribution in [0.5, 0.6) is 0 Å². The lowest BCUT2D eigenvalue weighted by Gasteiger charge is -2.19. The summed E-state index contributed by atoms with van der Waals surface area (Å²) in [7, 11) is 1.56. The summed E-state index contributed by atoms with van der Waals surface area (Å²) in [6.07, 6.45) is 6.15. The maximum absolute atomic E-state index is 11.9. The van der Waals surface area contributed by atoms with Crippen LogP contribution in [0.2, 0.25) is 0 Å². The number of hydrogen-bond acceptors (Lipinski definition) is 4. The van der Waals surface area contributed by atoms with Crippen molar-refractivity contribution >= 4 is 11.9 Å². The van der Waals surface area contributed by atoms with E-state index in [9.17, 15) is 9.59 Å². The predicted octanol–water partition coefficient (Wildman–Crippen LogP) is 1.16. The number of rotatable bonds is 8. The molecule has 4 N–H and O–H groups in total. The number of methoxy groups -OCH3 is 1. The van der Waals surface area contributed by atoms with Crippen LogP contribution in [0.4, 0.5) is 0 Å². The molecular formula is C16H28N2O4. The van der Waals surface area contributed by atoms with Gasteiger partial charge in [0, 0.05) is 7.11 Å². The van der Waals surface area contributed by atoms with Gasteiger partial charge in [-0.2, -0.15) is 0 Å². The van der Waals surface area contributed by atoms with Gasteiger partial charge in [-0.15, -0.1) is 0 Å². The Morgan fingerprint density at radius 3 is 2.45 bits per heavy atom. The Balaban J connectivity index is 2.61. The van der Waals surface area contributed by atoms with E-state index in [1.807, 2.05) is 6.08 Å². The van der Waals surface area contributed by atoms with Gasteiger partial charge in [-0.05, 0) is 30.6 Å². The molecule has 0 bridgehead atoms. The first kappa shape index (κ1) is 18.6. The van der Waals surface area contributed by atoms with Gasteiger partial charge in [0.2, 0.25) is 5.91 Å². The molecule has 0 heterocycles. The maximum Gasteiger partial charge on any atom is 0.305 e. The molecule has 22 heavy (non-hydrogen) atoms. The first-order valence-corrected chi connectivity index (χ1v) is 7.80. The molecule has 6 heteroatoms. The minimum absolute atomic E-state index is 0.294. The number of aliphatic carboxylic acids is 1. The molecule has 3 unspecified atom stereocenters. The van der Waals surface area contributed by atoms with Crippen molar-refractivity contribution in [1.82, 2.24) is 5.32 Å². The number of carboxylic acids is 1. The average Bonchev–Trinajstić information content (AvgIpc) is 2.75. The Kier molecular flexibility index (Phi) is 7.55. The van der Waals surface area contributed by atoms with Crippen LogP contribution in [0, 0.1) is 17.8 Å². The number of allylic oxidation sites excluding steroid dienone is 1. The standard InChI is InChI=1S/C16H28N2O4/c1-10-4-5-11(2)13(10)7-6-12(9-22-3)18-16(21)14(17)8-15(19)20/h6-7,10-14H,4-5,8-9,17H2,1-3H3,(H,18,21)(H,19,20)/t10?,11?,12?,13?,14-/m0/s1. The normalized spacial score (nSPS) is 27.7. The molecule has 0 spiro atoms. The van der Waals surface area contributed by atoms with Crippen LogP contribution in [0.1, 0.15) is 33.1 Å². The fraction of sp³-hybridized carbons (Fsp3) is 0.750. The van der Waals surface area contributed by atoms with E-state index in [-0.39, 0.29) is 12.5 Å². The molecule has 1 saturated carbocycles. The Bertz CT molecular complexity index is 401. The van der Waals surface area contributed by atoms with E-state index >= 15 is 0 Å². The third-order valence-electron chi connectivity index (χ3n) is 4.36. The van der Waals surface area contributed by atoms with Gasteiger partial charge in [-0.1, -0.05) is 26.0 Å². The van der Waals surface area contributed by atoms with Crippen molar-refractivity contribution < 1.29 is 19.4 Å². The predicted molar refractivity (Wildman–Crippen MR) is 84.2 cm³/mol. The highest BCUT2D eigenvalue weighted by atomic mass is 16.5. The quantitative estimate of drug-likeness (QED) is 0.584. The summed E-state index contributed by atoms with van der Waals surface area (Å²) >= 11 is 0. The molecular weight excluding hydrogens is 284 g/mol. The second-order valence-corrected chi connectivity index (χ2v) is 6.27. The molecule has 0 radical (unpaired) electrons. The Hall–Kier alpha value is -1.40. The molecule has 4 atom stereocenters. The smallest absolute Gasteiger partial charge is 0.305 e. The monoisotopic (exact) mass is 312 g/mol. The van der Waals surface area contributed by atoms with Gasteiger partial charge in [0.05, 0.1) is 25.1 Å². The molecule has 0 aromatic heterocycles. The molecule has 0 saturated heterocycles. The Labute approximate surface area is 132 Å². The summed E-state index contributed by atoms with van der Waals surface area (Å²) < 4.78 is 5.11. The van der Waals surface area contributed by atoms with E-state index in [2.05, 4.69) is 25.2 Å². The fourth-order valence-corrected chi connectivity index (χ4v) is 3.01. The van der Waals surface area contributed by atoms with Crippen LogP contribution in [-0.4, -0.2) is 42.8 Å². The molecule has 126 valence electrons. The number of nitrogens with one attached hydrogen (secondary N) is 1. The Morgan fingerprint density at radius 1 is 1.36 bits per heavy atom. The van der Waals surface area contributed by atoms with Gasteiger partial charge in [0.15, 0.2) is 0 Å². The third kappa shape index (κ3) is 5.77. The first-order valence-electron chi connectivity index (χ1n) is 7.80. The molecule has 0 aromatic rings. The number of carboxylic acid groups (broad SMARTS) is 1. The molecule has 1 rings (SSSR count). The van der Waals surface area contributed by atoms with E-state index in [0.717, 1.165) is 0 Å². The second kappa shape index (κ2) is 8.90. The molecule has 0 aromatic carbocycles. The first-order chi connectivity index (χ1) is 10.3. The van der Waals surface area contributed by atoms with Gasteiger partial charge in [0.25, 0.3) is 0 Å². The summed E-state index contributed by atoms with van der Waals surface area (Å²) in [5, 5.41) is 11.4. The van der Waals surface area contributed by atoms with E-state index in [1.54, 1.807) is 7.11 Å². The van der Waals surface area contributed by atoms with Gasteiger partial charge in [0.1, 0.15) is 0 Å². The topological polar surface area (TPSA) is 102 Å². The van der Waals surface area contributed by atoms with E-state index in [4.69, 9.17) is 15.6 Å². The summed E-state index contributed by atoms with van der Waals surface area (Å²) in [5.41, 5.74) is 5.57. The summed E-state index contributed by atoms with van der Waals surface area (Å²) in [4.78, 5) is 22.5. The summed E-state index contributed by atoms with van der Waals surface area (Å²) in [6, 6.07) is -1.34. The maximum atomic E-state index is 11.9. The molecule has 1 amide bonds. The zero-order chi connectivity index (χ0) is 16.7. The highest BCUT2D eigenvalue weighted by Crippen LogP contribution is 2.37. The van der Waals surface area contributed by atoms with Gasteiger partial charge < -0.3 is 20.9 Å². The molecule has 0 aliphatic heterocycles. The zero-order valence-corrected chi connectivity index (χ0v) is 13.6. The van der Waals surface area contributed by atoms with E-state index in [0.29, 0.717) is 24.4 Å². The summed E-state index contributed by atoms with van der Waals surface area (Å²) in [6.45, 7) is 4.81. The molecule has 6 nitrogen and oxygen atoms in total. The van der Waals surface area contributed by atoms with Crippen molar-refractivity contribution in [2.45, 2.75) is 45.2 Å². The van der Waals surface area contributed by atoms with Crippen LogP contribution in [0.25, 0.3) is 0 Å². The zero-order valence-electron chi connectivity index (χ0n) is 13.6. The number of carbonyl (C=O) groups is 2. The van der Waals surface area contributed by atoms with Crippen LogP contribution < -0.4 is 11.1 Å². The lowest BCUT2D eigenvalue weighted by atomic mass is 9.91. The van der Waals surface area contributed by atoms with Gasteiger partial charge in [-0.25, -0.2) is 0 Å². The van der Waals surface area contributed by atoms with Crippen molar-refractivity contribution in [3.8, 4) is 0 Å². The third-order valence-corrected chi connectivity index (χ3v) is 4.36. The Morgan fingerprint density at radius 2 is 1.95 bits per heavy atom. The van der Waals surface area contributed by atoms with Crippen LogP contribution in [0.3, 0.4) is 0 Å². The van der Waals surface area contributed by atoms with E-state index < -0.39 is 17.9 Å². The van der Waals surface area contributed by atoms with Crippen LogP contribution in [0.15, 0.2) is 12.2 Å². The minimum Gasteiger partial charge on any atom is -0.481 e. The van der Waals surface area contributed by atoms with Crippen molar-refractivity contribution in [1.29, 1.82) is 0 Å². The lowest BCUT2D eigenvalue weighted by molar-refractivity contribution is -0.139. The fourth-order valence-electron chi connectivity index (χ4n) is 3.01. The average molecular weight is 312 g/mol. The van der Waals surface area contributed by atoms with Gasteiger partial charge >= 0.3 is 5.97 Å². The highest BCUT2D eigenvalue weighted by molar-refractivity contribution is 5.86. The lowest BCUT2D eigenvalue weighted by Crippen LogP contribution is -2.47. The van der Waals surface area contributed by atoms with E-state index in [1.165, 1.54) is 12.8 Å². The summed E-state index contributed by atoms with van der Waals surface area (Å²) in [5.74, 6) is 0.222. The van der Waals surface area contributed by atoms with Crippen molar-refractivity contribution in [3.63, 3.8) is 0 Å². The largest absolute Gasteiger partial charge is 0.481 e. The highest BCUT2D eigenvalue weighted by Gasteiger charge is 2.28. The second-order valence-electron chi connectivity index (χ2n) is 6.27. The van der Waals surface area contributed by atoms with Crippen LogP contribution >= 0.6 is 0 Å². The number of amides is 1. The van der Waals surface area contributed by atoms with Gasteiger partial charge in [-0.3, -0.25) is 9.59 Å². The SMILES string of the molecule is COCC(C=CC1C(C)CCC1C)NC(=O)[C@@H](N)CC(=O)O. The molecule has 1 aliphatic rings. The number of hydrogen-bond donors (Lipinski definition) is 3. The number of nitrogens with two attached hydrogens (primary N) is 1. The van der Waals surface area contributed by atoms with Crippen molar-refractivity contribution in [2.75, 3.05) is 13.7 Å². The number of carbonyl (C=O) groups excluding carboxylic acids is 1.